The summed E-state index contributed by atoms with van der Waals surface area (Å²) >= 11 is 0. The molecule has 3 heterocycles. The molecule has 132 valence electrons. The number of benzene rings is 1. The van der Waals surface area contributed by atoms with Crippen LogP contribution in [0.25, 0.3) is 0 Å². The average Bonchev–Trinajstić information content (AvgIpc) is 3.21. The Morgan fingerprint density at radius 2 is 2.29 bits per heavy atom. The van der Waals surface area contributed by atoms with Gasteiger partial charge in [0.15, 0.2) is 0 Å². The highest BCUT2D eigenvalue weighted by Crippen LogP contribution is 2.45. The van der Waals surface area contributed by atoms with Crippen molar-refractivity contribution in [1.82, 2.24) is 10.6 Å². The molecule has 3 aliphatic rings. The third kappa shape index (κ3) is 2.91. The minimum atomic E-state index is -0.194. The quantitative estimate of drug-likeness (QED) is 0.877. The first-order chi connectivity index (χ1) is 11.2. The third-order valence-electron chi connectivity index (χ3n) is 6.03. The molecule has 2 N–H and O–H groups in total. The van der Waals surface area contributed by atoms with Gasteiger partial charge in [-0.15, -0.1) is 12.4 Å². The van der Waals surface area contributed by atoms with Crippen molar-refractivity contribution >= 4 is 18.3 Å². The largest absolute Gasteiger partial charge is 0.493 e. The number of carbonyl (C=O) groups is 1. The van der Waals surface area contributed by atoms with Gasteiger partial charge in [-0.2, -0.15) is 0 Å². The number of amides is 1. The van der Waals surface area contributed by atoms with Gasteiger partial charge in [-0.3, -0.25) is 4.79 Å². The first kappa shape index (κ1) is 17.6. The molecule has 2 fully saturated rings. The molecule has 24 heavy (non-hydrogen) atoms. The topological polar surface area (TPSA) is 50.4 Å². The lowest BCUT2D eigenvalue weighted by Gasteiger charge is -2.34. The van der Waals surface area contributed by atoms with Gasteiger partial charge in [-0.05, 0) is 55.7 Å². The average molecular weight is 351 g/mol. The maximum absolute atomic E-state index is 12.9. The van der Waals surface area contributed by atoms with Crippen molar-refractivity contribution < 1.29 is 9.53 Å². The van der Waals surface area contributed by atoms with Crippen LogP contribution in [0, 0.1) is 5.41 Å². The highest BCUT2D eigenvalue weighted by molar-refractivity contribution is 5.85. The fourth-order valence-corrected chi connectivity index (χ4v) is 4.68. The molecule has 3 atom stereocenters. The van der Waals surface area contributed by atoms with E-state index in [9.17, 15) is 4.79 Å². The summed E-state index contributed by atoms with van der Waals surface area (Å²) in [5.74, 6) is 1.24. The Morgan fingerprint density at radius 3 is 3.00 bits per heavy atom. The molecule has 4 nitrogen and oxygen atoms in total. The lowest BCUT2D eigenvalue weighted by atomic mass is 9.71. The first-order valence-corrected chi connectivity index (χ1v) is 9.00. The van der Waals surface area contributed by atoms with Gasteiger partial charge in [0.1, 0.15) is 5.75 Å². The molecule has 0 radical (unpaired) electrons. The molecule has 4 rings (SSSR count). The molecule has 0 aromatic heterocycles. The fourth-order valence-electron chi connectivity index (χ4n) is 4.68. The van der Waals surface area contributed by atoms with E-state index in [2.05, 4.69) is 29.7 Å². The summed E-state index contributed by atoms with van der Waals surface area (Å²) in [6.07, 6.45) is 6.44. The highest BCUT2D eigenvalue weighted by Gasteiger charge is 2.54. The summed E-state index contributed by atoms with van der Waals surface area (Å²) in [6.45, 7) is 3.58. The van der Waals surface area contributed by atoms with E-state index in [1.54, 1.807) is 0 Å². The Morgan fingerprint density at radius 1 is 1.42 bits per heavy atom. The van der Waals surface area contributed by atoms with Crippen LogP contribution in [0.3, 0.4) is 0 Å². The lowest BCUT2D eigenvalue weighted by Crippen LogP contribution is -2.47. The van der Waals surface area contributed by atoms with Crippen LogP contribution >= 0.6 is 12.4 Å². The maximum Gasteiger partial charge on any atom is 0.228 e. The molecule has 0 spiro atoms. The van der Waals surface area contributed by atoms with E-state index in [1.165, 1.54) is 17.5 Å². The number of rotatable bonds is 4. The van der Waals surface area contributed by atoms with Gasteiger partial charge in [-0.1, -0.05) is 19.1 Å². The molecule has 1 aromatic rings. The van der Waals surface area contributed by atoms with E-state index < -0.39 is 0 Å². The van der Waals surface area contributed by atoms with Crippen molar-refractivity contribution in [2.45, 2.75) is 64.1 Å². The molecule has 0 unspecified atom stereocenters. The summed E-state index contributed by atoms with van der Waals surface area (Å²) in [4.78, 5) is 12.9. The second kappa shape index (κ2) is 6.93. The summed E-state index contributed by atoms with van der Waals surface area (Å²) in [5.41, 5.74) is 2.25. The Hall–Kier alpha value is -1.26. The molecule has 1 aromatic carbocycles. The monoisotopic (exact) mass is 350 g/mol. The predicted octanol–water partition coefficient (Wildman–Crippen LogP) is 2.97. The minimum Gasteiger partial charge on any atom is -0.493 e. The smallest absolute Gasteiger partial charge is 0.228 e. The second-order valence-corrected chi connectivity index (χ2v) is 7.28. The Balaban J connectivity index is 0.00000169. The third-order valence-corrected chi connectivity index (χ3v) is 6.03. The van der Waals surface area contributed by atoms with Crippen LogP contribution in [-0.2, 0) is 17.8 Å². The van der Waals surface area contributed by atoms with Gasteiger partial charge in [0, 0.05) is 18.6 Å². The molecule has 2 saturated heterocycles. The van der Waals surface area contributed by atoms with E-state index in [0.29, 0.717) is 18.6 Å². The molecule has 5 heteroatoms. The summed E-state index contributed by atoms with van der Waals surface area (Å²) in [6, 6.07) is 7.22. The number of halogens is 1. The number of carbonyl (C=O) groups excluding carboxylic acids is 1. The molecule has 3 aliphatic heterocycles. The van der Waals surface area contributed by atoms with Crippen molar-refractivity contribution in [1.29, 1.82) is 0 Å². The van der Waals surface area contributed by atoms with Gasteiger partial charge < -0.3 is 15.4 Å². The second-order valence-electron chi connectivity index (χ2n) is 7.28. The molecule has 0 aliphatic carbocycles. The summed E-state index contributed by atoms with van der Waals surface area (Å²) in [7, 11) is 0. The number of fused-ring (bicyclic) bond motifs is 3. The highest BCUT2D eigenvalue weighted by atomic mass is 35.5. The van der Waals surface area contributed by atoms with Crippen LogP contribution < -0.4 is 15.4 Å². The summed E-state index contributed by atoms with van der Waals surface area (Å²) < 4.78 is 5.66. The Kier molecular flexibility index (Phi) is 5.07. The van der Waals surface area contributed by atoms with Crippen LogP contribution in [0.5, 0.6) is 5.75 Å². The van der Waals surface area contributed by atoms with Crippen LogP contribution in [0.2, 0.25) is 0 Å². The van der Waals surface area contributed by atoms with Crippen LogP contribution in [-0.4, -0.2) is 24.6 Å². The van der Waals surface area contributed by atoms with Gasteiger partial charge >= 0.3 is 0 Å². The normalized spacial score (nSPS) is 30.2. The zero-order chi connectivity index (χ0) is 15.9. The SMILES string of the molecule is CC[C@@]1(C(=O)NCc2ccc3c(c2)CCCO3)C[C@@H]2CC[C@H]1N2.Cl. The number of ether oxygens (including phenoxy) is 1. The van der Waals surface area contributed by atoms with Crippen molar-refractivity contribution in [2.24, 2.45) is 5.41 Å². The number of hydrogen-bond donors (Lipinski definition) is 2. The van der Waals surface area contributed by atoms with Gasteiger partial charge in [0.05, 0.1) is 12.0 Å². The van der Waals surface area contributed by atoms with Crippen molar-refractivity contribution in [3.8, 4) is 5.75 Å². The number of nitrogens with one attached hydrogen (secondary N) is 2. The van der Waals surface area contributed by atoms with E-state index in [1.807, 2.05) is 6.07 Å². The molecule has 2 bridgehead atoms. The maximum atomic E-state index is 12.9. The van der Waals surface area contributed by atoms with Crippen molar-refractivity contribution in [2.75, 3.05) is 6.61 Å². The molecular formula is C19H27ClN2O2. The van der Waals surface area contributed by atoms with Gasteiger partial charge in [0.2, 0.25) is 5.91 Å². The summed E-state index contributed by atoms with van der Waals surface area (Å²) in [5, 5.41) is 6.82. The minimum absolute atomic E-state index is 0. The van der Waals surface area contributed by atoms with Crippen LogP contribution in [0.1, 0.15) is 50.2 Å². The van der Waals surface area contributed by atoms with Crippen LogP contribution in [0.15, 0.2) is 18.2 Å². The lowest BCUT2D eigenvalue weighted by molar-refractivity contribution is -0.132. The standard InChI is InChI=1S/C19H26N2O2.ClH/c1-2-19(11-15-6-8-17(19)21-15)18(22)20-12-13-5-7-16-14(10-13)4-3-9-23-16;/h5,7,10,15,17,21H,2-4,6,8-9,11-12H2,1H3,(H,20,22);1H/t15-,17+,19+;/m0./s1. The zero-order valence-corrected chi connectivity index (χ0v) is 15.1. The van der Waals surface area contributed by atoms with E-state index in [-0.39, 0.29) is 23.7 Å². The number of aryl methyl sites for hydroxylation is 1. The predicted molar refractivity (Wildman–Crippen MR) is 96.6 cm³/mol. The molecule has 0 saturated carbocycles. The van der Waals surface area contributed by atoms with Crippen molar-refractivity contribution in [3.05, 3.63) is 29.3 Å². The van der Waals surface area contributed by atoms with Gasteiger partial charge in [0.25, 0.3) is 0 Å². The molecule has 1 amide bonds. The number of hydrogen-bond acceptors (Lipinski definition) is 3. The van der Waals surface area contributed by atoms with Crippen LogP contribution in [0.4, 0.5) is 0 Å². The first-order valence-electron chi connectivity index (χ1n) is 9.00. The molecular weight excluding hydrogens is 324 g/mol. The van der Waals surface area contributed by atoms with E-state index >= 15 is 0 Å². The fraction of sp³-hybridized carbons (Fsp3) is 0.632. The van der Waals surface area contributed by atoms with Crippen molar-refractivity contribution in [3.63, 3.8) is 0 Å². The Labute approximate surface area is 150 Å². The van der Waals surface area contributed by atoms with Gasteiger partial charge in [-0.25, -0.2) is 0 Å². The zero-order valence-electron chi connectivity index (χ0n) is 14.3. The van der Waals surface area contributed by atoms with E-state index in [4.69, 9.17) is 4.74 Å². The van der Waals surface area contributed by atoms with E-state index in [0.717, 1.165) is 44.5 Å². The Bertz CT molecular complexity index is 621.